The zero-order valence-corrected chi connectivity index (χ0v) is 10.9. The van der Waals surface area contributed by atoms with Gasteiger partial charge in [0.15, 0.2) is 0 Å². The van der Waals surface area contributed by atoms with Gasteiger partial charge in [-0.25, -0.2) is 0 Å². The molecule has 1 unspecified atom stereocenters. The smallest absolute Gasteiger partial charge is 0.101 e. The van der Waals surface area contributed by atoms with E-state index in [0.717, 1.165) is 5.56 Å². The Bertz CT molecular complexity index is 514. The molecule has 1 heteroatoms. The summed E-state index contributed by atoms with van der Waals surface area (Å²) in [6.07, 6.45) is 5.89. The molecule has 0 aliphatic carbocycles. The van der Waals surface area contributed by atoms with Crippen molar-refractivity contribution in [2.45, 2.75) is 6.10 Å². The molecule has 19 heavy (non-hydrogen) atoms. The van der Waals surface area contributed by atoms with Crippen molar-refractivity contribution in [1.82, 2.24) is 0 Å². The molecular weight excluding hydrogens is 232 g/mol. The number of hydrogen-bond acceptors (Lipinski definition) is 1. The number of benzene rings is 2. The third-order valence-electron chi connectivity index (χ3n) is 2.78. The van der Waals surface area contributed by atoms with Gasteiger partial charge in [-0.3, -0.25) is 0 Å². The second kappa shape index (κ2) is 7.34. The van der Waals surface area contributed by atoms with Crippen LogP contribution in [0.5, 0.6) is 0 Å². The largest absolute Gasteiger partial charge is 0.365 e. The summed E-state index contributed by atoms with van der Waals surface area (Å²) >= 11 is 0. The molecule has 0 heterocycles. The molecule has 0 aliphatic rings. The maximum absolute atomic E-state index is 5.79. The molecule has 0 saturated heterocycles. The van der Waals surface area contributed by atoms with Gasteiger partial charge in [-0.1, -0.05) is 78.9 Å². The van der Waals surface area contributed by atoms with Crippen molar-refractivity contribution in [1.29, 1.82) is 0 Å². The number of hydrogen-bond donors (Lipinski definition) is 0. The minimum atomic E-state index is -0.0422. The molecule has 0 radical (unpaired) electrons. The van der Waals surface area contributed by atoms with Crippen molar-refractivity contribution < 1.29 is 4.74 Å². The number of ether oxygens (including phenoxy) is 1. The second-order valence-electron chi connectivity index (χ2n) is 4.22. The highest BCUT2D eigenvalue weighted by atomic mass is 16.5. The summed E-state index contributed by atoms with van der Waals surface area (Å²) in [7, 11) is 0. The van der Waals surface area contributed by atoms with Crippen LogP contribution in [-0.4, -0.2) is 6.61 Å². The van der Waals surface area contributed by atoms with Gasteiger partial charge in [-0.15, -0.1) is 6.58 Å². The van der Waals surface area contributed by atoms with E-state index >= 15 is 0 Å². The summed E-state index contributed by atoms with van der Waals surface area (Å²) in [5.41, 5.74) is 2.32. The molecule has 0 aromatic heterocycles. The van der Waals surface area contributed by atoms with Crippen LogP contribution < -0.4 is 0 Å². The second-order valence-corrected chi connectivity index (χ2v) is 4.22. The molecule has 0 amide bonds. The quantitative estimate of drug-likeness (QED) is 0.678. The van der Waals surface area contributed by atoms with Crippen LogP contribution in [0.2, 0.25) is 0 Å². The fourth-order valence-corrected chi connectivity index (χ4v) is 1.84. The van der Waals surface area contributed by atoms with Crippen molar-refractivity contribution in [3.8, 4) is 0 Å². The summed E-state index contributed by atoms with van der Waals surface area (Å²) in [6.45, 7) is 4.24. The van der Waals surface area contributed by atoms with E-state index in [-0.39, 0.29) is 6.10 Å². The minimum absolute atomic E-state index is 0.0422. The Morgan fingerprint density at radius 1 is 0.947 bits per heavy atom. The van der Waals surface area contributed by atoms with Crippen molar-refractivity contribution in [2.24, 2.45) is 0 Å². The highest BCUT2D eigenvalue weighted by Gasteiger charge is 2.06. The molecule has 0 bridgehead atoms. The lowest BCUT2D eigenvalue weighted by Gasteiger charge is -2.13. The minimum Gasteiger partial charge on any atom is -0.365 e. The molecule has 1 atom stereocenters. The van der Waals surface area contributed by atoms with Crippen LogP contribution >= 0.6 is 0 Å². The van der Waals surface area contributed by atoms with Crippen molar-refractivity contribution in [3.63, 3.8) is 0 Å². The van der Waals surface area contributed by atoms with Crippen LogP contribution in [0.25, 0.3) is 6.08 Å². The van der Waals surface area contributed by atoms with Crippen LogP contribution in [0, 0.1) is 0 Å². The third kappa shape index (κ3) is 4.23. The van der Waals surface area contributed by atoms with Gasteiger partial charge in [-0.2, -0.15) is 0 Å². The molecule has 0 N–H and O–H groups in total. The maximum atomic E-state index is 5.79. The fourth-order valence-electron chi connectivity index (χ4n) is 1.84. The van der Waals surface area contributed by atoms with E-state index in [2.05, 4.69) is 43.0 Å². The molecule has 0 aliphatic heterocycles. The zero-order chi connectivity index (χ0) is 13.3. The first-order valence-corrected chi connectivity index (χ1v) is 6.41. The van der Waals surface area contributed by atoms with E-state index in [1.807, 2.05) is 36.4 Å². The van der Waals surface area contributed by atoms with E-state index in [1.54, 1.807) is 6.08 Å². The van der Waals surface area contributed by atoms with E-state index in [0.29, 0.717) is 6.61 Å². The summed E-state index contributed by atoms with van der Waals surface area (Å²) in [5.74, 6) is 0. The molecule has 2 rings (SSSR count). The van der Waals surface area contributed by atoms with Crippen molar-refractivity contribution in [2.75, 3.05) is 6.61 Å². The summed E-state index contributed by atoms with van der Waals surface area (Å²) in [6, 6.07) is 20.4. The topological polar surface area (TPSA) is 9.23 Å². The molecule has 2 aromatic carbocycles. The van der Waals surface area contributed by atoms with Crippen molar-refractivity contribution >= 4 is 6.08 Å². The third-order valence-corrected chi connectivity index (χ3v) is 2.78. The van der Waals surface area contributed by atoms with Crippen LogP contribution in [0.15, 0.2) is 79.4 Å². The average molecular weight is 250 g/mol. The zero-order valence-electron chi connectivity index (χ0n) is 10.9. The van der Waals surface area contributed by atoms with Gasteiger partial charge in [0.2, 0.25) is 0 Å². The summed E-state index contributed by atoms with van der Waals surface area (Å²) < 4.78 is 5.79. The van der Waals surface area contributed by atoms with Gasteiger partial charge in [0.1, 0.15) is 6.10 Å². The molecule has 0 fully saturated rings. The fraction of sp³-hybridized carbons (Fsp3) is 0.111. The first kappa shape index (κ1) is 13.3. The van der Waals surface area contributed by atoms with Gasteiger partial charge in [0.05, 0.1) is 6.61 Å². The van der Waals surface area contributed by atoms with E-state index < -0.39 is 0 Å². The van der Waals surface area contributed by atoms with Crippen LogP contribution in [-0.2, 0) is 4.74 Å². The summed E-state index contributed by atoms with van der Waals surface area (Å²) in [5, 5.41) is 0. The lowest BCUT2D eigenvalue weighted by Crippen LogP contribution is -2.01. The predicted molar refractivity (Wildman–Crippen MR) is 80.8 cm³/mol. The van der Waals surface area contributed by atoms with Gasteiger partial charge in [-0.05, 0) is 11.1 Å². The van der Waals surface area contributed by atoms with Gasteiger partial charge >= 0.3 is 0 Å². The molecule has 2 aromatic rings. The monoisotopic (exact) mass is 250 g/mol. The lowest BCUT2D eigenvalue weighted by atomic mass is 10.1. The standard InChI is InChI=1S/C18H18O/c1-2-15-19-18(17-11-7-4-8-12-17)14-13-16-9-5-3-6-10-16/h2-14,18H,1,15H2. The van der Waals surface area contributed by atoms with E-state index in [4.69, 9.17) is 4.74 Å². The maximum Gasteiger partial charge on any atom is 0.101 e. The summed E-state index contributed by atoms with van der Waals surface area (Å²) in [4.78, 5) is 0. The Hall–Kier alpha value is -2.12. The van der Waals surface area contributed by atoms with Crippen molar-refractivity contribution in [3.05, 3.63) is 90.5 Å². The Morgan fingerprint density at radius 3 is 2.21 bits per heavy atom. The van der Waals surface area contributed by atoms with Crippen LogP contribution in [0.1, 0.15) is 17.2 Å². The first-order chi connectivity index (χ1) is 9.40. The Kier molecular flexibility index (Phi) is 5.15. The Balaban J connectivity index is 2.14. The molecule has 96 valence electrons. The average Bonchev–Trinajstić information content (AvgIpc) is 2.49. The first-order valence-electron chi connectivity index (χ1n) is 6.41. The predicted octanol–water partition coefficient (Wildman–Crippen LogP) is 4.64. The van der Waals surface area contributed by atoms with Gasteiger partial charge in [0, 0.05) is 0 Å². The SMILES string of the molecule is C=CCOC(C=Cc1ccccc1)c1ccccc1. The van der Waals surface area contributed by atoms with Crippen LogP contribution in [0.3, 0.4) is 0 Å². The van der Waals surface area contributed by atoms with E-state index in [9.17, 15) is 0 Å². The van der Waals surface area contributed by atoms with Gasteiger partial charge in [0.25, 0.3) is 0 Å². The molecule has 0 spiro atoms. The number of rotatable bonds is 6. The van der Waals surface area contributed by atoms with Crippen LogP contribution in [0.4, 0.5) is 0 Å². The highest BCUT2D eigenvalue weighted by Crippen LogP contribution is 2.20. The highest BCUT2D eigenvalue weighted by molar-refractivity contribution is 5.50. The Labute approximate surface area is 114 Å². The normalized spacial score (nSPS) is 12.4. The molecule has 1 nitrogen and oxygen atoms in total. The van der Waals surface area contributed by atoms with E-state index in [1.165, 1.54) is 5.56 Å². The van der Waals surface area contributed by atoms with Gasteiger partial charge < -0.3 is 4.74 Å². The lowest BCUT2D eigenvalue weighted by molar-refractivity contribution is 0.111. The molecular formula is C18H18O. The molecule has 0 saturated carbocycles. The Morgan fingerprint density at radius 2 is 1.58 bits per heavy atom.